The summed E-state index contributed by atoms with van der Waals surface area (Å²) in [5.41, 5.74) is 1.55. The molecule has 5 rings (SSSR count). The number of para-hydroxylation sites is 1. The number of benzene rings is 3. The zero-order valence-electron chi connectivity index (χ0n) is 17.5. The molecule has 0 fully saturated rings. The van der Waals surface area contributed by atoms with Gasteiger partial charge in [0.1, 0.15) is 11.3 Å². The van der Waals surface area contributed by atoms with Gasteiger partial charge in [-0.2, -0.15) is 9.78 Å². The summed E-state index contributed by atoms with van der Waals surface area (Å²) >= 11 is 3.46. The summed E-state index contributed by atoms with van der Waals surface area (Å²) in [5.74, 6) is 0.0386. The third-order valence-electron chi connectivity index (χ3n) is 5.02. The van der Waals surface area contributed by atoms with Crippen molar-refractivity contribution in [3.8, 4) is 17.3 Å². The zero-order valence-corrected chi connectivity index (χ0v) is 19.1. The maximum atomic E-state index is 13.3. The number of ether oxygens (including phenoxy) is 1. The van der Waals surface area contributed by atoms with Gasteiger partial charge in [-0.05, 0) is 66.2 Å². The van der Waals surface area contributed by atoms with Crippen LogP contribution in [0, 0.1) is 0 Å². The molecule has 1 N–H and O–H groups in total. The molecule has 0 atom stereocenters. The van der Waals surface area contributed by atoms with Gasteiger partial charge in [0.2, 0.25) is 5.82 Å². The van der Waals surface area contributed by atoms with E-state index < -0.39 is 12.6 Å². The van der Waals surface area contributed by atoms with Crippen LogP contribution in [0.15, 0.2) is 91.6 Å². The molecular weight excluding hydrogens is 502 g/mol. The van der Waals surface area contributed by atoms with Crippen molar-refractivity contribution in [1.29, 1.82) is 0 Å². The smallest absolute Gasteiger partial charge is 0.341 e. The molecule has 0 radical (unpaired) electrons. The molecule has 0 aliphatic heterocycles. The average molecular weight is 518 g/mol. The highest BCUT2D eigenvalue weighted by atomic mass is 79.9. The Morgan fingerprint density at radius 2 is 1.91 bits per heavy atom. The van der Waals surface area contributed by atoms with Crippen LogP contribution in [0.5, 0.6) is 5.75 Å². The standard InChI is InChI=1S/C25H16BrN3O5/c26-17-7-10-21-16(11-17)12-22(34-21)24-28-20-4-2-1-3-19(20)25(32)29(24)27-13-15-5-8-18(9-6-15)33-14-23(30)31/h1-13H,14H2,(H,30,31). The van der Waals surface area contributed by atoms with Gasteiger partial charge in [-0.25, -0.2) is 9.78 Å². The number of fused-ring (bicyclic) bond motifs is 2. The highest BCUT2D eigenvalue weighted by molar-refractivity contribution is 9.10. The van der Waals surface area contributed by atoms with Crippen molar-refractivity contribution >= 4 is 50.0 Å². The normalized spacial score (nSPS) is 11.4. The second-order valence-corrected chi connectivity index (χ2v) is 8.27. The first kappa shape index (κ1) is 21.6. The molecular formula is C25H16BrN3O5. The molecule has 34 heavy (non-hydrogen) atoms. The maximum absolute atomic E-state index is 13.3. The van der Waals surface area contributed by atoms with Gasteiger partial charge in [-0.3, -0.25) is 4.79 Å². The van der Waals surface area contributed by atoms with E-state index >= 15 is 0 Å². The van der Waals surface area contributed by atoms with Gasteiger partial charge < -0.3 is 14.3 Å². The highest BCUT2D eigenvalue weighted by Crippen LogP contribution is 2.29. The lowest BCUT2D eigenvalue weighted by Crippen LogP contribution is -2.20. The third kappa shape index (κ3) is 4.33. The molecule has 168 valence electrons. The number of nitrogens with zero attached hydrogens (tertiary/aromatic N) is 3. The topological polar surface area (TPSA) is 107 Å². The van der Waals surface area contributed by atoms with Crippen LogP contribution < -0.4 is 10.3 Å². The van der Waals surface area contributed by atoms with Crippen molar-refractivity contribution in [2.75, 3.05) is 6.61 Å². The van der Waals surface area contributed by atoms with Gasteiger partial charge in [0.05, 0.1) is 17.1 Å². The van der Waals surface area contributed by atoms with Crippen molar-refractivity contribution in [3.05, 3.63) is 93.2 Å². The van der Waals surface area contributed by atoms with Gasteiger partial charge in [-0.15, -0.1) is 0 Å². The van der Waals surface area contributed by atoms with Gasteiger partial charge in [0.25, 0.3) is 5.56 Å². The SMILES string of the molecule is O=C(O)COc1ccc(C=Nn2c(-c3cc4cc(Br)ccc4o3)nc3ccccc3c2=O)cc1. The van der Waals surface area contributed by atoms with Crippen molar-refractivity contribution < 1.29 is 19.1 Å². The second-order valence-electron chi connectivity index (χ2n) is 7.36. The molecule has 0 aliphatic carbocycles. The van der Waals surface area contributed by atoms with Crippen molar-refractivity contribution in [3.63, 3.8) is 0 Å². The zero-order chi connectivity index (χ0) is 23.7. The lowest BCUT2D eigenvalue weighted by molar-refractivity contribution is -0.139. The first-order chi connectivity index (χ1) is 16.5. The fraction of sp³-hybridized carbons (Fsp3) is 0.0400. The van der Waals surface area contributed by atoms with E-state index in [1.807, 2.05) is 30.3 Å². The average Bonchev–Trinajstić information content (AvgIpc) is 3.26. The van der Waals surface area contributed by atoms with E-state index in [1.165, 1.54) is 10.9 Å². The third-order valence-corrected chi connectivity index (χ3v) is 5.51. The summed E-state index contributed by atoms with van der Waals surface area (Å²) in [7, 11) is 0. The Morgan fingerprint density at radius 1 is 1.12 bits per heavy atom. The van der Waals surface area contributed by atoms with E-state index in [0.717, 1.165) is 9.86 Å². The van der Waals surface area contributed by atoms with Crippen LogP contribution in [0.4, 0.5) is 0 Å². The van der Waals surface area contributed by atoms with Gasteiger partial charge in [0, 0.05) is 9.86 Å². The van der Waals surface area contributed by atoms with E-state index in [1.54, 1.807) is 42.5 Å². The molecule has 3 aromatic carbocycles. The van der Waals surface area contributed by atoms with Crippen LogP contribution >= 0.6 is 15.9 Å². The number of furan rings is 1. The molecule has 2 heterocycles. The van der Waals surface area contributed by atoms with Crippen LogP contribution in [-0.4, -0.2) is 33.6 Å². The summed E-state index contributed by atoms with van der Waals surface area (Å²) in [6, 6.07) is 21.2. The number of carbonyl (C=O) groups is 1. The second kappa shape index (κ2) is 8.95. The van der Waals surface area contributed by atoms with Gasteiger partial charge in [0.15, 0.2) is 12.4 Å². The van der Waals surface area contributed by atoms with Crippen molar-refractivity contribution in [2.45, 2.75) is 0 Å². The molecule has 5 aromatic rings. The largest absolute Gasteiger partial charge is 0.482 e. The van der Waals surface area contributed by atoms with Crippen LogP contribution in [0.1, 0.15) is 5.56 Å². The lowest BCUT2D eigenvalue weighted by Gasteiger charge is -2.07. The van der Waals surface area contributed by atoms with Crippen LogP contribution in [0.2, 0.25) is 0 Å². The van der Waals surface area contributed by atoms with E-state index in [0.29, 0.717) is 33.6 Å². The molecule has 0 amide bonds. The summed E-state index contributed by atoms with van der Waals surface area (Å²) in [5, 5.41) is 14.4. The summed E-state index contributed by atoms with van der Waals surface area (Å²) in [6.07, 6.45) is 1.52. The molecule has 0 bridgehead atoms. The number of aromatic nitrogens is 2. The molecule has 0 unspecified atom stereocenters. The number of halogens is 1. The fourth-order valence-corrected chi connectivity index (χ4v) is 3.81. The number of hydrogen-bond acceptors (Lipinski definition) is 6. The fourth-order valence-electron chi connectivity index (χ4n) is 3.43. The van der Waals surface area contributed by atoms with E-state index in [4.69, 9.17) is 14.3 Å². The Bertz CT molecular complexity index is 1620. The van der Waals surface area contributed by atoms with Crippen molar-refractivity contribution in [1.82, 2.24) is 9.66 Å². The van der Waals surface area contributed by atoms with E-state index in [-0.39, 0.29) is 11.4 Å². The maximum Gasteiger partial charge on any atom is 0.341 e. The Kier molecular flexibility index (Phi) is 5.69. The quantitative estimate of drug-likeness (QED) is 0.320. The van der Waals surface area contributed by atoms with Crippen LogP contribution in [0.25, 0.3) is 33.5 Å². The number of hydrogen-bond donors (Lipinski definition) is 1. The number of rotatable bonds is 6. The first-order valence-electron chi connectivity index (χ1n) is 10.2. The molecule has 0 saturated heterocycles. The minimum Gasteiger partial charge on any atom is -0.482 e. The lowest BCUT2D eigenvalue weighted by atomic mass is 10.2. The summed E-state index contributed by atoms with van der Waals surface area (Å²) < 4.78 is 13.2. The number of aliphatic carboxylic acids is 1. The molecule has 0 aliphatic rings. The van der Waals surface area contributed by atoms with E-state index in [9.17, 15) is 9.59 Å². The minimum atomic E-state index is -1.06. The van der Waals surface area contributed by atoms with E-state index in [2.05, 4.69) is 26.0 Å². The predicted octanol–water partition coefficient (Wildman–Crippen LogP) is 4.92. The Labute approximate surface area is 200 Å². The van der Waals surface area contributed by atoms with Crippen molar-refractivity contribution in [2.24, 2.45) is 5.10 Å². The Balaban J connectivity index is 1.58. The highest BCUT2D eigenvalue weighted by Gasteiger charge is 2.16. The van der Waals surface area contributed by atoms with Crippen LogP contribution in [0.3, 0.4) is 0 Å². The molecule has 9 heteroatoms. The predicted molar refractivity (Wildman–Crippen MR) is 131 cm³/mol. The molecule has 0 saturated carbocycles. The number of carboxylic acid groups (broad SMARTS) is 1. The van der Waals surface area contributed by atoms with Gasteiger partial charge >= 0.3 is 5.97 Å². The van der Waals surface area contributed by atoms with Gasteiger partial charge in [-0.1, -0.05) is 28.1 Å². The molecule has 0 spiro atoms. The number of carboxylic acids is 1. The minimum absolute atomic E-state index is 0.272. The Morgan fingerprint density at radius 3 is 2.71 bits per heavy atom. The summed E-state index contributed by atoms with van der Waals surface area (Å²) in [4.78, 5) is 28.6. The monoisotopic (exact) mass is 517 g/mol. The van der Waals surface area contributed by atoms with Crippen LogP contribution in [-0.2, 0) is 4.79 Å². The Hall–Kier alpha value is -4.24. The summed E-state index contributed by atoms with van der Waals surface area (Å²) in [6.45, 7) is -0.428. The molecule has 2 aromatic heterocycles. The molecule has 8 nitrogen and oxygen atoms in total. The first-order valence-corrected chi connectivity index (χ1v) is 11.0.